The van der Waals surface area contributed by atoms with Crippen molar-refractivity contribution in [1.82, 2.24) is 4.57 Å². The average Bonchev–Trinajstić information content (AvgIpc) is 3.43. The van der Waals surface area contributed by atoms with Gasteiger partial charge in [-0.1, -0.05) is 53.7 Å². The van der Waals surface area contributed by atoms with Crippen molar-refractivity contribution in [1.29, 1.82) is 0 Å². The zero-order chi connectivity index (χ0) is 28.8. The molecule has 0 radical (unpaired) electrons. The molecule has 7 nitrogen and oxygen atoms in total. The molecule has 41 heavy (non-hydrogen) atoms. The molecule has 0 spiro atoms. The molecule has 7 heteroatoms. The molecule has 210 valence electrons. The number of carbonyl (C=O) groups excluding carboxylic acids is 2. The van der Waals surface area contributed by atoms with Gasteiger partial charge < -0.3 is 19.4 Å². The zero-order valence-corrected chi connectivity index (χ0v) is 23.5. The van der Waals surface area contributed by atoms with Crippen LogP contribution >= 0.6 is 0 Å². The highest BCUT2D eigenvalue weighted by Gasteiger charge is 2.18. The predicted octanol–water partition coefficient (Wildman–Crippen LogP) is 5.24. The van der Waals surface area contributed by atoms with Gasteiger partial charge in [-0.15, -0.1) is 0 Å². The topological polar surface area (TPSA) is 84.1 Å². The number of benzene rings is 3. The van der Waals surface area contributed by atoms with Crippen molar-refractivity contribution in [2.24, 2.45) is 12.2 Å². The fraction of sp³-hybridized carbons (Fsp3) is 0.265. The molecule has 0 amide bonds. The van der Waals surface area contributed by atoms with Crippen molar-refractivity contribution < 1.29 is 19.5 Å². The van der Waals surface area contributed by atoms with Crippen molar-refractivity contribution in [2.75, 3.05) is 25.1 Å². The Morgan fingerprint density at radius 3 is 1.85 bits per heavy atom. The van der Waals surface area contributed by atoms with Crippen molar-refractivity contribution in [3.63, 3.8) is 0 Å². The van der Waals surface area contributed by atoms with Crippen LogP contribution in [-0.4, -0.2) is 53.3 Å². The van der Waals surface area contributed by atoms with Crippen LogP contribution < -0.4 is 4.90 Å². The van der Waals surface area contributed by atoms with E-state index >= 15 is 0 Å². The number of aromatic nitrogens is 1. The van der Waals surface area contributed by atoms with Gasteiger partial charge in [-0.25, -0.2) is 0 Å². The maximum Gasteiger partial charge on any atom is 0.183 e. The van der Waals surface area contributed by atoms with Crippen LogP contribution in [0.1, 0.15) is 55.9 Å². The van der Waals surface area contributed by atoms with Gasteiger partial charge >= 0.3 is 0 Å². The summed E-state index contributed by atoms with van der Waals surface area (Å²) in [5.74, 6) is 0.129. The number of ketones is 2. The molecule has 1 aliphatic heterocycles. The van der Waals surface area contributed by atoms with Crippen LogP contribution in [-0.2, 0) is 24.7 Å². The number of hydrogen-bond acceptors (Lipinski definition) is 6. The molecule has 1 aliphatic rings. The van der Waals surface area contributed by atoms with Crippen molar-refractivity contribution >= 4 is 23.0 Å². The first kappa shape index (κ1) is 28.1. The van der Waals surface area contributed by atoms with Crippen LogP contribution in [0.4, 0.5) is 5.69 Å². The number of carbonyl (C=O) groups is 2. The molecule has 5 rings (SSSR count). The second-order valence-corrected chi connectivity index (χ2v) is 10.5. The maximum absolute atomic E-state index is 13.0. The monoisotopic (exact) mass is 549 g/mol. The van der Waals surface area contributed by atoms with E-state index < -0.39 is 0 Å². The number of hydrogen-bond donors (Lipinski definition) is 1. The molecule has 0 aliphatic carbocycles. The lowest BCUT2D eigenvalue weighted by Gasteiger charge is -2.31. The molecule has 0 unspecified atom stereocenters. The normalized spacial score (nSPS) is 14.2. The van der Waals surface area contributed by atoms with Gasteiger partial charge in [0.25, 0.3) is 0 Å². The number of Topliss-reactive ketones (excluding diaryl/α,β-unsaturated/α-hetero) is 2. The Balaban J connectivity index is 1.22. The summed E-state index contributed by atoms with van der Waals surface area (Å²) in [6.07, 6.45) is 3.83. The third kappa shape index (κ3) is 6.81. The fourth-order valence-corrected chi connectivity index (χ4v) is 5.22. The Labute approximate surface area is 240 Å². The van der Waals surface area contributed by atoms with E-state index in [1.165, 1.54) is 7.11 Å². The summed E-state index contributed by atoms with van der Waals surface area (Å²) < 4.78 is 1.83. The molecule has 0 saturated carbocycles. The van der Waals surface area contributed by atoms with E-state index in [4.69, 9.17) is 4.84 Å². The van der Waals surface area contributed by atoms with E-state index in [1.54, 1.807) is 0 Å². The number of nitrogens with zero attached hydrogens (tertiary/aromatic N) is 3. The van der Waals surface area contributed by atoms with Crippen molar-refractivity contribution in [2.45, 2.75) is 31.8 Å². The lowest BCUT2D eigenvalue weighted by Crippen LogP contribution is -2.35. The summed E-state index contributed by atoms with van der Waals surface area (Å²) >= 11 is 0. The third-order valence-corrected chi connectivity index (χ3v) is 7.62. The number of oxime groups is 1. The minimum atomic E-state index is -0.210. The zero-order valence-electron chi connectivity index (χ0n) is 23.5. The van der Waals surface area contributed by atoms with Gasteiger partial charge in [0.2, 0.25) is 0 Å². The first-order valence-corrected chi connectivity index (χ1v) is 13.9. The highest BCUT2D eigenvalue weighted by molar-refractivity contribution is 6.12. The van der Waals surface area contributed by atoms with E-state index in [0.717, 1.165) is 53.9 Å². The molecule has 1 saturated heterocycles. The van der Waals surface area contributed by atoms with Gasteiger partial charge in [0.1, 0.15) is 12.8 Å². The predicted molar refractivity (Wildman–Crippen MR) is 161 cm³/mol. The smallest absolute Gasteiger partial charge is 0.183 e. The Hall–Kier alpha value is -4.49. The first-order valence-electron chi connectivity index (χ1n) is 13.9. The van der Waals surface area contributed by atoms with Crippen LogP contribution in [0, 0.1) is 0 Å². The Morgan fingerprint density at radius 1 is 0.805 bits per heavy atom. The fourth-order valence-electron chi connectivity index (χ4n) is 5.22. The molecular formula is C34H35N3O4. The van der Waals surface area contributed by atoms with E-state index in [1.807, 2.05) is 103 Å². The summed E-state index contributed by atoms with van der Waals surface area (Å²) in [7, 11) is 3.38. The van der Waals surface area contributed by atoms with E-state index in [9.17, 15) is 14.7 Å². The highest BCUT2D eigenvalue weighted by atomic mass is 16.6. The van der Waals surface area contributed by atoms with E-state index in [0.29, 0.717) is 29.8 Å². The van der Waals surface area contributed by atoms with Gasteiger partial charge in [0.05, 0.1) is 11.8 Å². The molecular weight excluding hydrogens is 514 g/mol. The van der Waals surface area contributed by atoms with Crippen LogP contribution in [0.3, 0.4) is 0 Å². The lowest BCUT2D eigenvalue weighted by atomic mass is 9.97. The third-order valence-electron chi connectivity index (χ3n) is 7.62. The SMILES string of the molecule is CO/N=C(\c1ccc(CC(=O)c2ccc(N3CCC(O)CC3)cc2)cc1)c1ccc(CC(=O)c2cccn2C)cc1. The molecule has 0 bridgehead atoms. The second kappa shape index (κ2) is 12.8. The van der Waals surface area contributed by atoms with Crippen molar-refractivity contribution in [3.8, 4) is 0 Å². The van der Waals surface area contributed by atoms with Gasteiger partial charge in [0, 0.05) is 61.6 Å². The molecule has 1 fully saturated rings. The molecule has 1 N–H and O–H groups in total. The van der Waals surface area contributed by atoms with E-state index in [-0.39, 0.29) is 17.7 Å². The molecule has 4 aromatic rings. The molecule has 3 aromatic carbocycles. The van der Waals surface area contributed by atoms with Gasteiger partial charge in [-0.05, 0) is 60.4 Å². The van der Waals surface area contributed by atoms with Gasteiger partial charge in [-0.3, -0.25) is 9.59 Å². The molecule has 0 atom stereocenters. The number of aryl methyl sites for hydroxylation is 1. The number of anilines is 1. The minimum Gasteiger partial charge on any atom is -0.399 e. The highest BCUT2D eigenvalue weighted by Crippen LogP contribution is 2.22. The van der Waals surface area contributed by atoms with Crippen LogP contribution in [0.25, 0.3) is 0 Å². The summed E-state index contributed by atoms with van der Waals surface area (Å²) in [6, 6.07) is 27.0. The Bertz CT molecular complexity index is 1510. The van der Waals surface area contributed by atoms with Crippen LogP contribution in [0.5, 0.6) is 0 Å². The molecule has 1 aromatic heterocycles. The summed E-state index contributed by atoms with van der Waals surface area (Å²) in [5, 5.41) is 14.0. The lowest BCUT2D eigenvalue weighted by molar-refractivity contribution is 0.0980. The number of piperidine rings is 1. The number of rotatable bonds is 10. The summed E-state index contributed by atoms with van der Waals surface area (Å²) in [6.45, 7) is 1.65. The Morgan fingerprint density at radius 2 is 1.34 bits per heavy atom. The first-order chi connectivity index (χ1) is 19.9. The summed E-state index contributed by atoms with van der Waals surface area (Å²) in [5.41, 5.74) is 6.70. The Kier molecular flexibility index (Phi) is 8.75. The quantitative estimate of drug-likeness (QED) is 0.166. The van der Waals surface area contributed by atoms with Crippen molar-refractivity contribution in [3.05, 3.63) is 125 Å². The van der Waals surface area contributed by atoms with Gasteiger partial charge in [0.15, 0.2) is 11.6 Å². The summed E-state index contributed by atoms with van der Waals surface area (Å²) in [4.78, 5) is 33.0. The van der Waals surface area contributed by atoms with E-state index in [2.05, 4.69) is 10.1 Å². The minimum absolute atomic E-state index is 0.0598. The molecule has 2 heterocycles. The maximum atomic E-state index is 13.0. The number of aliphatic hydroxyl groups is 1. The van der Waals surface area contributed by atoms with Crippen LogP contribution in [0.2, 0.25) is 0 Å². The largest absolute Gasteiger partial charge is 0.399 e. The second-order valence-electron chi connectivity index (χ2n) is 10.5. The number of aliphatic hydroxyl groups excluding tert-OH is 1. The average molecular weight is 550 g/mol. The van der Waals surface area contributed by atoms with Gasteiger partial charge in [-0.2, -0.15) is 0 Å². The standard InChI is InChI=1S/C34H35N3O4/c1-36-19-3-4-31(36)33(40)23-25-7-11-28(12-8-25)34(35-41-2)27-9-5-24(6-10-27)22-32(39)26-13-15-29(16-14-26)37-20-17-30(38)18-21-37/h3-16,19,30,38H,17-18,20-23H2,1-2H3/b35-34+. The van der Waals surface area contributed by atoms with Crippen LogP contribution in [0.15, 0.2) is 96.3 Å².